The first-order valence-electron chi connectivity index (χ1n) is 6.12. The number of rotatable bonds is 2. The third-order valence-electron chi connectivity index (χ3n) is 2.94. The Hall–Kier alpha value is -2.27. The topological polar surface area (TPSA) is 56.9 Å². The molecule has 0 unspecified atom stereocenters. The fourth-order valence-electron chi connectivity index (χ4n) is 1.99. The maximum absolute atomic E-state index is 12.0. The molecule has 0 aliphatic rings. The van der Waals surface area contributed by atoms with E-state index in [9.17, 15) is 4.79 Å². The van der Waals surface area contributed by atoms with Crippen LogP contribution in [0.5, 0.6) is 0 Å². The van der Waals surface area contributed by atoms with Crippen molar-refractivity contribution in [3.63, 3.8) is 0 Å². The lowest BCUT2D eigenvalue weighted by Crippen LogP contribution is -2.19. The number of fused-ring (bicyclic) bond motifs is 1. The Labute approximate surface area is 124 Å². The number of para-hydroxylation sites is 1. The molecule has 1 heterocycles. The van der Waals surface area contributed by atoms with Gasteiger partial charge in [-0.15, -0.1) is 0 Å². The number of aromatic nitrogens is 1. The molecule has 0 saturated carbocycles. The third kappa shape index (κ3) is 2.67. The third-order valence-corrected chi connectivity index (χ3v) is 3.47. The Morgan fingerprint density at radius 3 is 2.55 bits per heavy atom. The number of carbonyl (C=O) groups excluding carboxylic acids is 1. The van der Waals surface area contributed by atoms with Gasteiger partial charge in [0.05, 0.1) is 5.69 Å². The number of halogens is 1. The van der Waals surface area contributed by atoms with Crippen molar-refractivity contribution in [1.29, 1.82) is 0 Å². The molecule has 0 aliphatic carbocycles. The highest BCUT2D eigenvalue weighted by Gasteiger charge is 2.07. The molecule has 2 amide bonds. The molecule has 3 rings (SSSR count). The predicted molar refractivity (Wildman–Crippen MR) is 85.1 cm³/mol. The number of H-pyrrole nitrogens is 1. The summed E-state index contributed by atoms with van der Waals surface area (Å²) in [6.07, 6.45) is 1.78. The van der Waals surface area contributed by atoms with Crippen molar-refractivity contribution in [2.24, 2.45) is 0 Å². The summed E-state index contributed by atoms with van der Waals surface area (Å²) in [5.74, 6) is 0. The Kier molecular flexibility index (Phi) is 3.43. The second-order valence-corrected chi connectivity index (χ2v) is 5.25. The van der Waals surface area contributed by atoms with E-state index in [1.165, 1.54) is 0 Å². The molecule has 3 aromatic rings. The van der Waals surface area contributed by atoms with Crippen LogP contribution in [0.4, 0.5) is 16.2 Å². The van der Waals surface area contributed by atoms with Gasteiger partial charge in [-0.25, -0.2) is 4.79 Å². The van der Waals surface area contributed by atoms with E-state index < -0.39 is 0 Å². The van der Waals surface area contributed by atoms with Gasteiger partial charge in [-0.2, -0.15) is 0 Å². The zero-order valence-corrected chi connectivity index (χ0v) is 12.1. The minimum atomic E-state index is -0.267. The second-order valence-electron chi connectivity index (χ2n) is 4.33. The van der Waals surface area contributed by atoms with E-state index in [0.29, 0.717) is 0 Å². The summed E-state index contributed by atoms with van der Waals surface area (Å²) in [6, 6.07) is 15.0. The molecular weight excluding hydrogens is 318 g/mol. The van der Waals surface area contributed by atoms with Crippen molar-refractivity contribution >= 4 is 44.2 Å². The van der Waals surface area contributed by atoms with Crippen LogP contribution in [0.15, 0.2) is 59.2 Å². The van der Waals surface area contributed by atoms with Gasteiger partial charge in [0.15, 0.2) is 0 Å². The van der Waals surface area contributed by atoms with Crippen LogP contribution in [0, 0.1) is 0 Å². The van der Waals surface area contributed by atoms with Crippen molar-refractivity contribution in [2.75, 3.05) is 10.6 Å². The van der Waals surface area contributed by atoms with Gasteiger partial charge in [-0.05, 0) is 30.3 Å². The summed E-state index contributed by atoms with van der Waals surface area (Å²) in [4.78, 5) is 15.1. The van der Waals surface area contributed by atoms with Crippen LogP contribution in [0.1, 0.15) is 0 Å². The quantitative estimate of drug-likeness (QED) is 0.633. The Bertz CT molecular complexity index is 749. The number of nitrogens with one attached hydrogen (secondary N) is 3. The first kappa shape index (κ1) is 12.7. The normalized spacial score (nSPS) is 10.4. The Morgan fingerprint density at radius 1 is 1.00 bits per heavy atom. The van der Waals surface area contributed by atoms with E-state index in [1.807, 2.05) is 48.5 Å². The van der Waals surface area contributed by atoms with Crippen molar-refractivity contribution in [3.05, 3.63) is 59.2 Å². The van der Waals surface area contributed by atoms with E-state index in [-0.39, 0.29) is 6.03 Å². The molecule has 0 bridgehead atoms. The van der Waals surface area contributed by atoms with Crippen LogP contribution in [-0.2, 0) is 0 Å². The van der Waals surface area contributed by atoms with Crippen LogP contribution < -0.4 is 10.6 Å². The fraction of sp³-hybridized carbons (Fsp3) is 0. The average Bonchev–Trinajstić information content (AvgIpc) is 2.85. The molecule has 4 nitrogen and oxygen atoms in total. The molecule has 0 radical (unpaired) electrons. The van der Waals surface area contributed by atoms with Gasteiger partial charge in [0.25, 0.3) is 0 Å². The number of hydrogen-bond donors (Lipinski definition) is 3. The smallest absolute Gasteiger partial charge is 0.323 e. The SMILES string of the molecule is O=C(Nc1ccc(Br)cc1)Nc1c[nH]c2ccccc12. The monoisotopic (exact) mass is 329 g/mol. The zero-order valence-electron chi connectivity index (χ0n) is 10.5. The molecule has 0 fully saturated rings. The lowest BCUT2D eigenvalue weighted by molar-refractivity contribution is 0.262. The van der Waals surface area contributed by atoms with Crippen molar-refractivity contribution in [3.8, 4) is 0 Å². The molecular formula is C15H12BrN3O. The molecule has 100 valence electrons. The lowest BCUT2D eigenvalue weighted by Gasteiger charge is -2.06. The maximum atomic E-state index is 12.0. The van der Waals surface area contributed by atoms with Crippen LogP contribution in [0.2, 0.25) is 0 Å². The standard InChI is InChI=1S/C15H12BrN3O/c16-10-5-7-11(8-6-10)18-15(20)19-14-9-17-13-4-2-1-3-12(13)14/h1-9,17H,(H2,18,19,20). The highest BCUT2D eigenvalue weighted by Crippen LogP contribution is 2.22. The van der Waals surface area contributed by atoms with Crippen molar-refractivity contribution in [1.82, 2.24) is 4.98 Å². The van der Waals surface area contributed by atoms with Gasteiger partial charge in [0, 0.05) is 27.3 Å². The highest BCUT2D eigenvalue weighted by molar-refractivity contribution is 9.10. The molecule has 2 aromatic carbocycles. The first-order valence-corrected chi connectivity index (χ1v) is 6.91. The molecule has 0 atom stereocenters. The van der Waals surface area contributed by atoms with E-state index in [2.05, 4.69) is 31.5 Å². The number of hydrogen-bond acceptors (Lipinski definition) is 1. The minimum absolute atomic E-state index is 0.267. The summed E-state index contributed by atoms with van der Waals surface area (Å²) in [6.45, 7) is 0. The predicted octanol–water partition coefficient (Wildman–Crippen LogP) is 4.57. The zero-order chi connectivity index (χ0) is 13.9. The molecule has 3 N–H and O–H groups in total. The van der Waals surface area contributed by atoms with Gasteiger partial charge >= 0.3 is 6.03 Å². The molecule has 0 aliphatic heterocycles. The fourth-order valence-corrected chi connectivity index (χ4v) is 2.26. The van der Waals surface area contributed by atoms with Crippen molar-refractivity contribution < 1.29 is 4.79 Å². The average molecular weight is 330 g/mol. The summed E-state index contributed by atoms with van der Waals surface area (Å²) in [7, 11) is 0. The van der Waals surface area contributed by atoms with Gasteiger partial charge in [0.2, 0.25) is 0 Å². The van der Waals surface area contributed by atoms with Crippen LogP contribution >= 0.6 is 15.9 Å². The maximum Gasteiger partial charge on any atom is 0.323 e. The van der Waals surface area contributed by atoms with Gasteiger partial charge in [0.1, 0.15) is 0 Å². The Balaban J connectivity index is 1.74. The lowest BCUT2D eigenvalue weighted by atomic mass is 10.2. The van der Waals surface area contributed by atoms with Crippen LogP contribution in [-0.4, -0.2) is 11.0 Å². The summed E-state index contributed by atoms with van der Waals surface area (Å²) in [5, 5.41) is 6.61. The molecule has 20 heavy (non-hydrogen) atoms. The van der Waals surface area contributed by atoms with Crippen molar-refractivity contribution in [2.45, 2.75) is 0 Å². The number of urea groups is 1. The van der Waals surface area contributed by atoms with E-state index in [1.54, 1.807) is 6.20 Å². The van der Waals surface area contributed by atoms with E-state index in [0.717, 1.165) is 26.8 Å². The Morgan fingerprint density at radius 2 is 1.75 bits per heavy atom. The van der Waals surface area contributed by atoms with Gasteiger partial charge < -0.3 is 15.6 Å². The van der Waals surface area contributed by atoms with Crippen LogP contribution in [0.25, 0.3) is 10.9 Å². The second kappa shape index (κ2) is 5.38. The molecule has 0 spiro atoms. The number of benzene rings is 2. The number of amides is 2. The summed E-state index contributed by atoms with van der Waals surface area (Å²) < 4.78 is 0.972. The number of anilines is 2. The molecule has 0 saturated heterocycles. The summed E-state index contributed by atoms with van der Waals surface area (Å²) >= 11 is 3.35. The molecule has 1 aromatic heterocycles. The van der Waals surface area contributed by atoms with Gasteiger partial charge in [-0.3, -0.25) is 0 Å². The number of aromatic amines is 1. The van der Waals surface area contributed by atoms with E-state index >= 15 is 0 Å². The summed E-state index contributed by atoms with van der Waals surface area (Å²) in [5.41, 5.74) is 2.49. The largest absolute Gasteiger partial charge is 0.359 e. The van der Waals surface area contributed by atoms with Gasteiger partial charge in [-0.1, -0.05) is 34.1 Å². The minimum Gasteiger partial charge on any atom is -0.359 e. The number of carbonyl (C=O) groups is 1. The first-order chi connectivity index (χ1) is 9.72. The highest BCUT2D eigenvalue weighted by atomic mass is 79.9. The molecule has 5 heteroatoms. The van der Waals surface area contributed by atoms with E-state index in [4.69, 9.17) is 0 Å². The van der Waals surface area contributed by atoms with Crippen LogP contribution in [0.3, 0.4) is 0 Å².